The summed E-state index contributed by atoms with van der Waals surface area (Å²) in [5, 5.41) is 12.8. The van der Waals surface area contributed by atoms with Crippen LogP contribution in [0, 0.1) is 36.0 Å². The van der Waals surface area contributed by atoms with Gasteiger partial charge in [-0.05, 0) is 68.6 Å². The van der Waals surface area contributed by atoms with Gasteiger partial charge >= 0.3 is 0 Å². The van der Waals surface area contributed by atoms with E-state index in [1.165, 1.54) is 25.7 Å². The van der Waals surface area contributed by atoms with Crippen molar-refractivity contribution in [2.45, 2.75) is 45.6 Å². The van der Waals surface area contributed by atoms with Crippen molar-refractivity contribution in [3.63, 3.8) is 0 Å². The van der Waals surface area contributed by atoms with E-state index in [-0.39, 0.29) is 0 Å². The highest BCUT2D eigenvalue weighted by Crippen LogP contribution is 2.49. The van der Waals surface area contributed by atoms with E-state index in [0.717, 1.165) is 34.6 Å². The number of nitrogens with one attached hydrogen (secondary N) is 1. The Labute approximate surface area is 115 Å². The van der Waals surface area contributed by atoms with E-state index < -0.39 is 0 Å². The van der Waals surface area contributed by atoms with Crippen molar-refractivity contribution in [2.75, 3.05) is 5.32 Å². The van der Waals surface area contributed by atoms with Crippen LogP contribution in [0.3, 0.4) is 0 Å². The van der Waals surface area contributed by atoms with Gasteiger partial charge in [-0.3, -0.25) is 0 Å². The SMILES string of the molecule is Cc1ccc(NC(C)C2CC3CCC2C3)c(C#N)c1. The van der Waals surface area contributed by atoms with E-state index in [4.69, 9.17) is 0 Å². The summed E-state index contributed by atoms with van der Waals surface area (Å²) in [5.74, 6) is 2.70. The molecule has 1 aromatic rings. The Bertz CT molecular complexity index is 514. The molecule has 2 nitrogen and oxygen atoms in total. The van der Waals surface area contributed by atoms with Crippen molar-refractivity contribution in [2.24, 2.45) is 17.8 Å². The Kier molecular flexibility index (Phi) is 3.22. The third-order valence-corrected chi connectivity index (χ3v) is 5.11. The maximum Gasteiger partial charge on any atom is 0.101 e. The van der Waals surface area contributed by atoms with Gasteiger partial charge in [0.05, 0.1) is 11.3 Å². The van der Waals surface area contributed by atoms with Gasteiger partial charge in [-0.25, -0.2) is 0 Å². The van der Waals surface area contributed by atoms with Crippen LogP contribution < -0.4 is 5.32 Å². The van der Waals surface area contributed by atoms with Gasteiger partial charge in [-0.2, -0.15) is 5.26 Å². The first kappa shape index (κ1) is 12.5. The van der Waals surface area contributed by atoms with Gasteiger partial charge < -0.3 is 5.32 Å². The minimum absolute atomic E-state index is 0.477. The van der Waals surface area contributed by atoms with Gasteiger partial charge in [0.2, 0.25) is 0 Å². The maximum absolute atomic E-state index is 9.24. The van der Waals surface area contributed by atoms with Gasteiger partial charge in [0, 0.05) is 6.04 Å². The lowest BCUT2D eigenvalue weighted by Gasteiger charge is -2.29. The summed E-state index contributed by atoms with van der Waals surface area (Å²) >= 11 is 0. The highest BCUT2D eigenvalue weighted by atomic mass is 14.9. The van der Waals surface area contributed by atoms with Crippen LogP contribution in [0.1, 0.15) is 43.7 Å². The van der Waals surface area contributed by atoms with E-state index in [0.29, 0.717) is 6.04 Å². The molecule has 2 aliphatic carbocycles. The van der Waals surface area contributed by atoms with E-state index in [2.05, 4.69) is 30.4 Å². The number of nitriles is 1. The zero-order valence-electron chi connectivity index (χ0n) is 11.8. The standard InChI is InChI=1S/C17H22N2/c1-11-3-6-17(15(7-11)10-18)19-12(2)16-9-13-4-5-14(16)8-13/h3,6-7,12-14,16,19H,4-5,8-9H2,1-2H3. The van der Waals surface area contributed by atoms with Crippen molar-refractivity contribution in [3.8, 4) is 6.07 Å². The molecule has 19 heavy (non-hydrogen) atoms. The zero-order chi connectivity index (χ0) is 13.4. The molecule has 4 atom stereocenters. The normalized spacial score (nSPS) is 30.1. The van der Waals surface area contributed by atoms with Gasteiger partial charge in [0.25, 0.3) is 0 Å². The largest absolute Gasteiger partial charge is 0.381 e. The molecule has 2 aliphatic rings. The smallest absolute Gasteiger partial charge is 0.101 e. The lowest BCUT2D eigenvalue weighted by atomic mass is 9.84. The first-order valence-corrected chi connectivity index (χ1v) is 7.44. The molecule has 1 aromatic carbocycles. The number of fused-ring (bicyclic) bond motifs is 2. The molecule has 100 valence electrons. The Hall–Kier alpha value is -1.49. The van der Waals surface area contributed by atoms with Gasteiger partial charge in [0.15, 0.2) is 0 Å². The van der Waals surface area contributed by atoms with E-state index in [9.17, 15) is 5.26 Å². The fourth-order valence-corrected chi connectivity index (χ4v) is 4.14. The molecule has 0 amide bonds. The van der Waals surface area contributed by atoms with Crippen LogP contribution in [0.2, 0.25) is 0 Å². The average molecular weight is 254 g/mol. The summed E-state index contributed by atoms with van der Waals surface area (Å²) in [4.78, 5) is 0. The molecule has 0 heterocycles. The van der Waals surface area contributed by atoms with Crippen molar-refractivity contribution in [1.82, 2.24) is 0 Å². The molecule has 2 fully saturated rings. The van der Waals surface area contributed by atoms with E-state index in [1.807, 2.05) is 13.0 Å². The summed E-state index contributed by atoms with van der Waals surface area (Å²) < 4.78 is 0. The molecular weight excluding hydrogens is 232 g/mol. The highest BCUT2D eigenvalue weighted by Gasteiger charge is 2.41. The Morgan fingerprint density at radius 2 is 2.16 bits per heavy atom. The quantitative estimate of drug-likeness (QED) is 0.881. The molecule has 0 spiro atoms. The van der Waals surface area contributed by atoms with Crippen molar-refractivity contribution >= 4 is 5.69 Å². The number of anilines is 1. The number of benzene rings is 1. The van der Waals surface area contributed by atoms with Crippen LogP contribution in [0.5, 0.6) is 0 Å². The van der Waals surface area contributed by atoms with E-state index >= 15 is 0 Å². The molecule has 0 radical (unpaired) electrons. The van der Waals surface area contributed by atoms with E-state index in [1.54, 1.807) is 0 Å². The van der Waals surface area contributed by atoms with Crippen LogP contribution in [0.15, 0.2) is 18.2 Å². The Morgan fingerprint density at radius 3 is 2.79 bits per heavy atom. The Morgan fingerprint density at radius 1 is 1.32 bits per heavy atom. The minimum atomic E-state index is 0.477. The maximum atomic E-state index is 9.24. The number of hydrogen-bond donors (Lipinski definition) is 1. The molecule has 2 saturated carbocycles. The number of nitrogens with zero attached hydrogens (tertiary/aromatic N) is 1. The Balaban J connectivity index is 1.73. The fraction of sp³-hybridized carbons (Fsp3) is 0.588. The van der Waals surface area contributed by atoms with Gasteiger partial charge in [0.1, 0.15) is 6.07 Å². The minimum Gasteiger partial charge on any atom is -0.381 e. The predicted octanol–water partition coefficient (Wildman–Crippen LogP) is 4.10. The second-order valence-corrected chi connectivity index (χ2v) is 6.43. The number of rotatable bonds is 3. The molecule has 0 aliphatic heterocycles. The van der Waals surface area contributed by atoms with Crippen LogP contribution in [-0.2, 0) is 0 Å². The van der Waals surface area contributed by atoms with Crippen molar-refractivity contribution in [1.29, 1.82) is 5.26 Å². The molecule has 2 heteroatoms. The lowest BCUT2D eigenvalue weighted by Crippen LogP contribution is -2.30. The second kappa shape index (κ2) is 4.89. The third-order valence-electron chi connectivity index (χ3n) is 5.11. The first-order chi connectivity index (χ1) is 9.17. The monoisotopic (exact) mass is 254 g/mol. The molecule has 1 N–H and O–H groups in total. The molecule has 2 bridgehead atoms. The summed E-state index contributed by atoms with van der Waals surface area (Å²) in [6.07, 6.45) is 5.69. The van der Waals surface area contributed by atoms with Gasteiger partial charge in [-0.15, -0.1) is 0 Å². The molecule has 0 saturated heterocycles. The summed E-state index contributed by atoms with van der Waals surface area (Å²) in [6, 6.07) is 8.88. The van der Waals surface area contributed by atoms with Crippen LogP contribution in [0.4, 0.5) is 5.69 Å². The molecule has 3 rings (SSSR count). The van der Waals surface area contributed by atoms with Gasteiger partial charge in [-0.1, -0.05) is 12.5 Å². The fourth-order valence-electron chi connectivity index (χ4n) is 4.14. The molecular formula is C17H22N2. The summed E-state index contributed by atoms with van der Waals surface area (Å²) in [6.45, 7) is 4.32. The number of hydrogen-bond acceptors (Lipinski definition) is 2. The average Bonchev–Trinajstić information content (AvgIpc) is 3.03. The summed E-state index contributed by atoms with van der Waals surface area (Å²) in [5.41, 5.74) is 2.92. The zero-order valence-corrected chi connectivity index (χ0v) is 11.8. The van der Waals surface area contributed by atoms with Crippen LogP contribution in [0.25, 0.3) is 0 Å². The topological polar surface area (TPSA) is 35.8 Å². The number of aryl methyl sites for hydroxylation is 1. The summed E-state index contributed by atoms with van der Waals surface area (Å²) in [7, 11) is 0. The molecule has 0 aromatic heterocycles. The highest BCUT2D eigenvalue weighted by molar-refractivity contribution is 5.59. The third kappa shape index (κ3) is 2.34. The lowest BCUT2D eigenvalue weighted by molar-refractivity contribution is 0.304. The second-order valence-electron chi connectivity index (χ2n) is 6.43. The van der Waals surface area contributed by atoms with Crippen molar-refractivity contribution < 1.29 is 0 Å². The first-order valence-electron chi connectivity index (χ1n) is 7.44. The van der Waals surface area contributed by atoms with Crippen LogP contribution in [-0.4, -0.2) is 6.04 Å². The van der Waals surface area contributed by atoms with Crippen molar-refractivity contribution in [3.05, 3.63) is 29.3 Å². The van der Waals surface area contributed by atoms with Crippen LogP contribution >= 0.6 is 0 Å². The predicted molar refractivity (Wildman–Crippen MR) is 77.9 cm³/mol. The molecule has 4 unspecified atom stereocenters.